The summed E-state index contributed by atoms with van der Waals surface area (Å²) in [6.45, 7) is 2.46. The smallest absolute Gasteiger partial charge is 0.390 e. The van der Waals surface area contributed by atoms with Crippen LogP contribution in [0.25, 0.3) is 0 Å². The number of halogens is 4. The molecule has 3 heterocycles. The second-order valence-corrected chi connectivity index (χ2v) is 9.06. The Morgan fingerprint density at radius 1 is 1.28 bits per heavy atom. The third-order valence-electron chi connectivity index (χ3n) is 5.68. The summed E-state index contributed by atoms with van der Waals surface area (Å²) < 4.78 is 40.0. The molecule has 0 saturated heterocycles. The fourth-order valence-electron chi connectivity index (χ4n) is 3.89. The number of nitrogens with one attached hydrogen (secondary N) is 2. The van der Waals surface area contributed by atoms with Gasteiger partial charge in [0.05, 0.1) is 6.42 Å². The van der Waals surface area contributed by atoms with Crippen molar-refractivity contribution in [2.75, 3.05) is 38.4 Å². The Kier molecular flexibility index (Phi) is 11.5. The number of hydrogen-bond acceptors (Lipinski definition) is 5. The van der Waals surface area contributed by atoms with Crippen LogP contribution in [0.2, 0.25) is 0 Å². The lowest BCUT2D eigenvalue weighted by Gasteiger charge is -2.20. The fourth-order valence-corrected chi connectivity index (χ4v) is 4.13. The largest absolute Gasteiger partial charge is 0.481 e. The second-order valence-electron chi connectivity index (χ2n) is 8.79. The van der Waals surface area contributed by atoms with E-state index in [1.165, 1.54) is 11.3 Å². The first-order chi connectivity index (χ1) is 17.0. The van der Waals surface area contributed by atoms with E-state index in [4.69, 9.17) is 16.7 Å². The molecule has 0 fully saturated rings. The highest BCUT2D eigenvalue weighted by molar-refractivity contribution is 6.27. The fraction of sp³-hybridized carbons (Fsp3) is 0.542. The first-order valence-corrected chi connectivity index (χ1v) is 12.1. The van der Waals surface area contributed by atoms with Crippen molar-refractivity contribution in [1.82, 2.24) is 19.8 Å². The number of carboxylic acid groups (broad SMARTS) is 1. The van der Waals surface area contributed by atoms with Crippen LogP contribution in [-0.4, -0.2) is 70.7 Å². The van der Waals surface area contributed by atoms with Gasteiger partial charge in [0.25, 0.3) is 0 Å². The van der Waals surface area contributed by atoms with E-state index < -0.39 is 24.6 Å². The molecule has 200 valence electrons. The first kappa shape index (κ1) is 29.4. The highest BCUT2D eigenvalue weighted by Crippen LogP contribution is 2.34. The second kappa shape index (κ2) is 14.1. The summed E-state index contributed by atoms with van der Waals surface area (Å²) in [4.78, 5) is 26.7. The molecule has 2 aliphatic rings. The number of benzene rings is 1. The molecule has 2 aromatic rings. The third-order valence-corrected chi connectivity index (χ3v) is 5.91. The van der Waals surface area contributed by atoms with Crippen LogP contribution in [0.3, 0.4) is 0 Å². The average molecular weight is 532 g/mol. The summed E-state index contributed by atoms with van der Waals surface area (Å²) in [5.41, 5.74) is 1.43. The minimum Gasteiger partial charge on any atom is -0.481 e. The van der Waals surface area contributed by atoms with Crippen LogP contribution in [0.4, 0.5) is 19.1 Å². The quantitative estimate of drug-likeness (QED) is 0.517. The van der Waals surface area contributed by atoms with Gasteiger partial charge < -0.3 is 25.2 Å². The van der Waals surface area contributed by atoms with Crippen molar-refractivity contribution in [3.63, 3.8) is 0 Å². The molecule has 4 rings (SSSR count). The maximum absolute atomic E-state index is 12.6. The molecular weight excluding hydrogens is 499 g/mol. The first-order valence-electron chi connectivity index (χ1n) is 11.6. The van der Waals surface area contributed by atoms with E-state index in [-0.39, 0.29) is 30.7 Å². The Hall–Kier alpha value is -2.79. The lowest BCUT2D eigenvalue weighted by Crippen LogP contribution is -2.29. The molecular formula is C24H33ClF3N5O3. The Labute approximate surface area is 213 Å². The lowest BCUT2D eigenvalue weighted by molar-refractivity contribution is -0.141. The summed E-state index contributed by atoms with van der Waals surface area (Å²) in [7, 11) is 3.34. The van der Waals surface area contributed by atoms with Crippen molar-refractivity contribution < 1.29 is 27.9 Å². The molecule has 2 atom stereocenters. The number of alkyl halides is 4. The molecule has 2 aliphatic heterocycles. The number of rotatable bonds is 4. The number of amides is 1. The standard InChI is InChI=1S/C14H16F3NO2.C6H9N3.C4H8ClNO/c15-14(16,17)7-12-11-4-2-1-3-10(11)5-9(8-18-12)6-13(19)20;1-2-7-6-8-3-5-9(6)4-1;1-6(2)4(7)3-5/h1-4,9,12,18H,5-8H2,(H,19,20);3,5H,1-2,4H2,(H,7,8);3H2,1-2H3. The van der Waals surface area contributed by atoms with Crippen LogP contribution in [-0.2, 0) is 22.6 Å². The van der Waals surface area contributed by atoms with E-state index in [9.17, 15) is 22.8 Å². The summed E-state index contributed by atoms with van der Waals surface area (Å²) in [5, 5.41) is 14.9. The van der Waals surface area contributed by atoms with Gasteiger partial charge in [-0.15, -0.1) is 11.6 Å². The number of nitrogens with zero attached hydrogens (tertiary/aromatic N) is 3. The topological polar surface area (TPSA) is 99.5 Å². The van der Waals surface area contributed by atoms with Gasteiger partial charge in [-0.05, 0) is 36.4 Å². The van der Waals surface area contributed by atoms with Crippen molar-refractivity contribution >= 4 is 29.4 Å². The summed E-state index contributed by atoms with van der Waals surface area (Å²) in [6.07, 6.45) is 0.295. The predicted octanol–water partition coefficient (Wildman–Crippen LogP) is 3.93. The van der Waals surface area contributed by atoms with E-state index in [1.807, 2.05) is 12.4 Å². The molecule has 1 aromatic carbocycles. The molecule has 1 amide bonds. The maximum atomic E-state index is 12.6. The van der Waals surface area contributed by atoms with Crippen LogP contribution in [0.5, 0.6) is 0 Å². The van der Waals surface area contributed by atoms with E-state index >= 15 is 0 Å². The minimum absolute atomic E-state index is 0.0416. The summed E-state index contributed by atoms with van der Waals surface area (Å²) in [6, 6.07) is 6.14. The summed E-state index contributed by atoms with van der Waals surface area (Å²) >= 11 is 5.16. The number of hydrogen-bond donors (Lipinski definition) is 3. The zero-order chi connectivity index (χ0) is 26.7. The van der Waals surface area contributed by atoms with Crippen molar-refractivity contribution in [3.05, 3.63) is 47.8 Å². The molecule has 2 unspecified atom stereocenters. The number of anilines is 1. The van der Waals surface area contributed by atoms with Gasteiger partial charge in [0.2, 0.25) is 11.9 Å². The third kappa shape index (κ3) is 10.1. The van der Waals surface area contributed by atoms with Crippen molar-refractivity contribution in [2.45, 2.75) is 44.4 Å². The van der Waals surface area contributed by atoms with E-state index in [1.54, 1.807) is 38.4 Å². The molecule has 0 spiro atoms. The number of carbonyl (C=O) groups excluding carboxylic acids is 1. The van der Waals surface area contributed by atoms with Crippen LogP contribution in [0, 0.1) is 5.92 Å². The lowest BCUT2D eigenvalue weighted by atomic mass is 9.93. The number of carboxylic acids is 1. The summed E-state index contributed by atoms with van der Waals surface area (Å²) in [5.74, 6) is -0.0779. The van der Waals surface area contributed by atoms with Gasteiger partial charge >= 0.3 is 12.1 Å². The van der Waals surface area contributed by atoms with Gasteiger partial charge in [-0.25, -0.2) is 4.98 Å². The van der Waals surface area contributed by atoms with Crippen molar-refractivity contribution in [2.24, 2.45) is 5.92 Å². The number of imidazole rings is 1. The molecule has 3 N–H and O–H groups in total. The Balaban J connectivity index is 0.000000233. The molecule has 1 aromatic heterocycles. The van der Waals surface area contributed by atoms with Crippen LogP contribution >= 0.6 is 11.6 Å². The number of carbonyl (C=O) groups is 2. The van der Waals surface area contributed by atoms with Gasteiger partial charge in [-0.3, -0.25) is 9.59 Å². The van der Waals surface area contributed by atoms with Gasteiger partial charge in [0.15, 0.2) is 0 Å². The Morgan fingerprint density at radius 2 is 2.00 bits per heavy atom. The molecule has 36 heavy (non-hydrogen) atoms. The average Bonchev–Trinajstić information content (AvgIpc) is 3.24. The Bertz CT molecular complexity index is 963. The molecule has 0 saturated carbocycles. The van der Waals surface area contributed by atoms with Gasteiger partial charge in [-0.1, -0.05) is 24.3 Å². The van der Waals surface area contributed by atoms with E-state index in [2.05, 4.69) is 20.2 Å². The Morgan fingerprint density at radius 3 is 2.58 bits per heavy atom. The molecule has 0 aliphatic carbocycles. The molecule has 8 nitrogen and oxygen atoms in total. The normalized spacial score (nSPS) is 18.5. The van der Waals surface area contributed by atoms with Crippen LogP contribution in [0.15, 0.2) is 36.7 Å². The highest BCUT2D eigenvalue weighted by atomic mass is 35.5. The number of aryl methyl sites for hydroxylation is 1. The SMILES string of the molecule is CN(C)C(=O)CCl.O=C(O)CC1CNC(CC(F)(F)F)c2ccccc2C1.c1cn2c(n1)NCCC2. The van der Waals surface area contributed by atoms with Gasteiger partial charge in [-0.2, -0.15) is 13.2 Å². The van der Waals surface area contributed by atoms with Gasteiger partial charge in [0, 0.05) is 52.0 Å². The number of aliphatic carboxylic acids is 1. The number of fused-ring (bicyclic) bond motifs is 2. The number of aromatic nitrogens is 2. The molecule has 0 bridgehead atoms. The van der Waals surface area contributed by atoms with Crippen LogP contribution < -0.4 is 10.6 Å². The zero-order valence-electron chi connectivity index (χ0n) is 20.4. The minimum atomic E-state index is -4.25. The van der Waals surface area contributed by atoms with E-state index in [0.717, 1.165) is 24.6 Å². The van der Waals surface area contributed by atoms with E-state index in [0.29, 0.717) is 12.0 Å². The zero-order valence-corrected chi connectivity index (χ0v) is 21.1. The van der Waals surface area contributed by atoms with Crippen molar-refractivity contribution in [1.29, 1.82) is 0 Å². The highest BCUT2D eigenvalue weighted by Gasteiger charge is 2.35. The maximum Gasteiger partial charge on any atom is 0.390 e. The molecule has 0 radical (unpaired) electrons. The van der Waals surface area contributed by atoms with Crippen LogP contribution in [0.1, 0.15) is 36.4 Å². The predicted molar refractivity (Wildman–Crippen MR) is 132 cm³/mol. The molecule has 12 heteroatoms. The van der Waals surface area contributed by atoms with Crippen molar-refractivity contribution in [3.8, 4) is 0 Å². The van der Waals surface area contributed by atoms with Gasteiger partial charge in [0.1, 0.15) is 5.88 Å². The monoisotopic (exact) mass is 531 g/mol.